The molecule has 2 heterocycles. The normalized spacial score (nSPS) is 25.1. The van der Waals surface area contributed by atoms with Gasteiger partial charge in [0.05, 0.1) is 12.5 Å². The SMILES string of the molecule is NC1CC(c2ccco2)Cc2[nH]ncc21. The van der Waals surface area contributed by atoms with Crippen LogP contribution in [-0.4, -0.2) is 10.2 Å². The number of rotatable bonds is 1. The fraction of sp³-hybridized carbons (Fsp3) is 0.364. The van der Waals surface area contributed by atoms with Crippen LogP contribution in [0.3, 0.4) is 0 Å². The molecule has 0 amide bonds. The monoisotopic (exact) mass is 203 g/mol. The van der Waals surface area contributed by atoms with Gasteiger partial charge in [0, 0.05) is 23.2 Å². The summed E-state index contributed by atoms with van der Waals surface area (Å²) in [6.45, 7) is 0. The maximum absolute atomic E-state index is 6.09. The van der Waals surface area contributed by atoms with Crippen LogP contribution in [0.25, 0.3) is 0 Å². The lowest BCUT2D eigenvalue weighted by molar-refractivity contribution is 0.405. The molecule has 4 heteroatoms. The maximum atomic E-state index is 6.09. The van der Waals surface area contributed by atoms with Crippen LogP contribution in [0.2, 0.25) is 0 Å². The molecule has 2 atom stereocenters. The van der Waals surface area contributed by atoms with Crippen LogP contribution in [-0.2, 0) is 6.42 Å². The molecule has 4 nitrogen and oxygen atoms in total. The van der Waals surface area contributed by atoms with E-state index in [4.69, 9.17) is 10.2 Å². The topological polar surface area (TPSA) is 67.8 Å². The van der Waals surface area contributed by atoms with Gasteiger partial charge < -0.3 is 10.2 Å². The molecule has 0 spiro atoms. The van der Waals surface area contributed by atoms with E-state index in [0.29, 0.717) is 5.92 Å². The van der Waals surface area contributed by atoms with E-state index in [9.17, 15) is 0 Å². The van der Waals surface area contributed by atoms with Gasteiger partial charge in [-0.05, 0) is 25.0 Å². The summed E-state index contributed by atoms with van der Waals surface area (Å²) in [7, 11) is 0. The third kappa shape index (κ3) is 1.37. The van der Waals surface area contributed by atoms with Gasteiger partial charge in [-0.3, -0.25) is 5.10 Å². The summed E-state index contributed by atoms with van der Waals surface area (Å²) >= 11 is 0. The van der Waals surface area contributed by atoms with Crippen LogP contribution in [0.1, 0.15) is 35.4 Å². The van der Waals surface area contributed by atoms with Gasteiger partial charge in [-0.2, -0.15) is 5.10 Å². The molecule has 0 bridgehead atoms. The molecule has 78 valence electrons. The molecule has 1 aliphatic rings. The fourth-order valence-electron chi connectivity index (χ4n) is 2.31. The van der Waals surface area contributed by atoms with Crippen molar-refractivity contribution in [1.29, 1.82) is 0 Å². The lowest BCUT2D eigenvalue weighted by Gasteiger charge is -2.24. The number of H-pyrrole nitrogens is 1. The number of nitrogens with one attached hydrogen (secondary N) is 1. The van der Waals surface area contributed by atoms with E-state index < -0.39 is 0 Å². The Hall–Kier alpha value is -1.55. The lowest BCUT2D eigenvalue weighted by Crippen LogP contribution is -2.22. The Labute approximate surface area is 87.5 Å². The van der Waals surface area contributed by atoms with Crippen molar-refractivity contribution in [1.82, 2.24) is 10.2 Å². The summed E-state index contributed by atoms with van der Waals surface area (Å²) in [5.74, 6) is 1.40. The molecule has 2 unspecified atom stereocenters. The molecule has 1 aliphatic carbocycles. The minimum Gasteiger partial charge on any atom is -0.469 e. The Morgan fingerprint density at radius 3 is 3.27 bits per heavy atom. The van der Waals surface area contributed by atoms with E-state index in [1.165, 1.54) is 0 Å². The largest absolute Gasteiger partial charge is 0.469 e. The highest BCUT2D eigenvalue weighted by molar-refractivity contribution is 5.27. The second-order valence-electron chi connectivity index (χ2n) is 4.06. The summed E-state index contributed by atoms with van der Waals surface area (Å²) in [4.78, 5) is 0. The summed E-state index contributed by atoms with van der Waals surface area (Å²) in [6.07, 6.45) is 5.41. The molecule has 3 N–H and O–H groups in total. The van der Waals surface area contributed by atoms with Crippen LogP contribution in [0.15, 0.2) is 29.0 Å². The molecule has 0 aromatic carbocycles. The highest BCUT2D eigenvalue weighted by Crippen LogP contribution is 2.36. The second kappa shape index (κ2) is 3.24. The molecule has 15 heavy (non-hydrogen) atoms. The second-order valence-corrected chi connectivity index (χ2v) is 4.06. The van der Waals surface area contributed by atoms with Crippen molar-refractivity contribution in [3.63, 3.8) is 0 Å². The first-order chi connectivity index (χ1) is 7.34. The first kappa shape index (κ1) is 8.73. The zero-order valence-electron chi connectivity index (χ0n) is 8.31. The summed E-state index contributed by atoms with van der Waals surface area (Å²) in [5.41, 5.74) is 8.38. The highest BCUT2D eigenvalue weighted by atomic mass is 16.3. The predicted molar refractivity (Wildman–Crippen MR) is 55.3 cm³/mol. The Balaban J connectivity index is 1.93. The molecule has 3 rings (SSSR count). The third-order valence-corrected chi connectivity index (χ3v) is 3.09. The summed E-state index contributed by atoms with van der Waals surface area (Å²) in [6, 6.07) is 4.00. The first-order valence-electron chi connectivity index (χ1n) is 5.15. The van der Waals surface area contributed by atoms with Crippen molar-refractivity contribution in [3.8, 4) is 0 Å². The molecule has 0 saturated carbocycles. The first-order valence-corrected chi connectivity index (χ1v) is 5.15. The van der Waals surface area contributed by atoms with E-state index in [1.807, 2.05) is 18.3 Å². The number of furan rings is 1. The average molecular weight is 203 g/mol. The molecule has 0 aliphatic heterocycles. The summed E-state index contributed by atoms with van der Waals surface area (Å²) < 4.78 is 5.42. The highest BCUT2D eigenvalue weighted by Gasteiger charge is 2.28. The fourth-order valence-corrected chi connectivity index (χ4v) is 2.31. The van der Waals surface area contributed by atoms with Crippen molar-refractivity contribution >= 4 is 0 Å². The molecule has 2 aromatic heterocycles. The zero-order chi connectivity index (χ0) is 10.3. The van der Waals surface area contributed by atoms with Crippen molar-refractivity contribution in [2.45, 2.75) is 24.8 Å². The third-order valence-electron chi connectivity index (χ3n) is 3.09. The van der Waals surface area contributed by atoms with Crippen LogP contribution in [0.4, 0.5) is 0 Å². The van der Waals surface area contributed by atoms with Gasteiger partial charge in [-0.1, -0.05) is 0 Å². The Bertz CT molecular complexity index is 446. The van der Waals surface area contributed by atoms with Gasteiger partial charge in [0.15, 0.2) is 0 Å². The Kier molecular flexibility index (Phi) is 1.89. The number of fused-ring (bicyclic) bond motifs is 1. The molecular formula is C11H13N3O. The van der Waals surface area contributed by atoms with E-state index in [2.05, 4.69) is 10.2 Å². The van der Waals surface area contributed by atoms with Crippen molar-refractivity contribution in [2.24, 2.45) is 5.73 Å². The van der Waals surface area contributed by atoms with E-state index in [-0.39, 0.29) is 6.04 Å². The standard InChI is InChI=1S/C11H13N3O/c12-9-4-7(11-2-1-3-15-11)5-10-8(9)6-13-14-10/h1-3,6-7,9H,4-5,12H2,(H,13,14). The van der Waals surface area contributed by atoms with Gasteiger partial charge in [-0.15, -0.1) is 0 Å². The molecule has 0 radical (unpaired) electrons. The van der Waals surface area contributed by atoms with Crippen LogP contribution in [0.5, 0.6) is 0 Å². The smallest absolute Gasteiger partial charge is 0.107 e. The molecular weight excluding hydrogens is 190 g/mol. The molecule has 2 aromatic rings. The van der Waals surface area contributed by atoms with Crippen LogP contribution >= 0.6 is 0 Å². The summed E-state index contributed by atoms with van der Waals surface area (Å²) in [5, 5.41) is 7.04. The molecule has 0 saturated heterocycles. The predicted octanol–water partition coefficient (Wildman–Crippen LogP) is 1.73. The lowest BCUT2D eigenvalue weighted by atomic mass is 9.83. The molecule has 0 fully saturated rings. The van der Waals surface area contributed by atoms with E-state index >= 15 is 0 Å². The van der Waals surface area contributed by atoms with Gasteiger partial charge in [-0.25, -0.2) is 0 Å². The number of nitrogens with two attached hydrogens (primary N) is 1. The Morgan fingerprint density at radius 1 is 1.53 bits per heavy atom. The number of aromatic amines is 1. The van der Waals surface area contributed by atoms with Crippen LogP contribution in [0, 0.1) is 0 Å². The minimum absolute atomic E-state index is 0.0719. The average Bonchev–Trinajstić information content (AvgIpc) is 2.88. The number of nitrogens with zero attached hydrogens (tertiary/aromatic N) is 1. The minimum atomic E-state index is 0.0719. The quantitative estimate of drug-likeness (QED) is 0.741. The van der Waals surface area contributed by atoms with Gasteiger partial charge in [0.25, 0.3) is 0 Å². The van der Waals surface area contributed by atoms with Crippen molar-refractivity contribution in [3.05, 3.63) is 41.6 Å². The van der Waals surface area contributed by atoms with Crippen LogP contribution < -0.4 is 5.73 Å². The number of hydrogen-bond acceptors (Lipinski definition) is 3. The van der Waals surface area contributed by atoms with Gasteiger partial charge >= 0.3 is 0 Å². The maximum Gasteiger partial charge on any atom is 0.107 e. The zero-order valence-corrected chi connectivity index (χ0v) is 8.31. The van der Waals surface area contributed by atoms with Gasteiger partial charge in [0.2, 0.25) is 0 Å². The van der Waals surface area contributed by atoms with E-state index in [1.54, 1.807) is 6.26 Å². The van der Waals surface area contributed by atoms with Crippen molar-refractivity contribution < 1.29 is 4.42 Å². The Morgan fingerprint density at radius 2 is 2.47 bits per heavy atom. The van der Waals surface area contributed by atoms with Gasteiger partial charge in [0.1, 0.15) is 5.76 Å². The number of hydrogen-bond donors (Lipinski definition) is 2. The number of aromatic nitrogens is 2. The van der Waals surface area contributed by atoms with E-state index in [0.717, 1.165) is 29.9 Å². The van der Waals surface area contributed by atoms with Crippen molar-refractivity contribution in [2.75, 3.05) is 0 Å².